The van der Waals surface area contributed by atoms with Crippen molar-refractivity contribution in [3.63, 3.8) is 0 Å². The van der Waals surface area contributed by atoms with Gasteiger partial charge < -0.3 is 4.74 Å². The van der Waals surface area contributed by atoms with E-state index in [1.165, 1.54) is 12.8 Å². The maximum atomic E-state index is 5.53. The third-order valence-corrected chi connectivity index (χ3v) is 1.94. The molecular formula is C12H24ClNO. The quantitative estimate of drug-likeness (QED) is 0.326. The minimum absolute atomic E-state index is 0. The van der Waals surface area contributed by atoms with Crippen LogP contribution in [0.15, 0.2) is 25.3 Å². The zero-order valence-electron chi connectivity index (χ0n) is 9.78. The van der Waals surface area contributed by atoms with Crippen LogP contribution in [-0.2, 0) is 4.74 Å². The molecule has 0 spiro atoms. The molecule has 0 aromatic rings. The van der Waals surface area contributed by atoms with Crippen molar-refractivity contribution in [1.29, 1.82) is 0 Å². The van der Waals surface area contributed by atoms with Crippen molar-refractivity contribution in [2.24, 2.45) is 0 Å². The maximum absolute atomic E-state index is 5.53. The van der Waals surface area contributed by atoms with Crippen LogP contribution in [0.5, 0.6) is 0 Å². The minimum atomic E-state index is 0. The van der Waals surface area contributed by atoms with Crippen LogP contribution in [0.1, 0.15) is 26.2 Å². The second-order valence-corrected chi connectivity index (χ2v) is 3.36. The summed E-state index contributed by atoms with van der Waals surface area (Å²) in [5, 5.41) is 0. The lowest BCUT2D eigenvalue weighted by atomic mass is 10.3. The first kappa shape index (κ1) is 17.1. The van der Waals surface area contributed by atoms with Crippen molar-refractivity contribution >= 4 is 12.4 Å². The first-order valence-electron chi connectivity index (χ1n) is 5.37. The van der Waals surface area contributed by atoms with Crippen molar-refractivity contribution in [2.75, 3.05) is 26.4 Å². The van der Waals surface area contributed by atoms with Crippen molar-refractivity contribution in [3.8, 4) is 0 Å². The molecule has 0 atom stereocenters. The van der Waals surface area contributed by atoms with E-state index in [0.29, 0.717) is 6.73 Å². The van der Waals surface area contributed by atoms with Crippen LogP contribution < -0.4 is 0 Å². The Morgan fingerprint density at radius 3 is 2.20 bits per heavy atom. The predicted octanol–water partition coefficient (Wildman–Crippen LogP) is 3.25. The average Bonchev–Trinajstić information content (AvgIpc) is 2.18. The number of hydrogen-bond donors (Lipinski definition) is 0. The van der Waals surface area contributed by atoms with Gasteiger partial charge in [-0.05, 0) is 6.42 Å². The summed E-state index contributed by atoms with van der Waals surface area (Å²) >= 11 is 0. The zero-order chi connectivity index (χ0) is 10.6. The second kappa shape index (κ2) is 13.7. The molecule has 0 aliphatic rings. The van der Waals surface area contributed by atoms with Crippen LogP contribution in [-0.4, -0.2) is 31.3 Å². The predicted molar refractivity (Wildman–Crippen MR) is 69.6 cm³/mol. The van der Waals surface area contributed by atoms with Gasteiger partial charge in [0.1, 0.15) is 0 Å². The highest BCUT2D eigenvalue weighted by Crippen LogP contribution is 1.96. The molecule has 0 aliphatic heterocycles. The number of unbranched alkanes of at least 4 members (excludes halogenated alkanes) is 2. The molecule has 0 saturated carbocycles. The first-order chi connectivity index (χ1) is 6.85. The van der Waals surface area contributed by atoms with Gasteiger partial charge >= 0.3 is 0 Å². The molecule has 0 unspecified atom stereocenters. The number of halogens is 1. The molecule has 0 aromatic carbocycles. The Morgan fingerprint density at radius 2 is 1.73 bits per heavy atom. The standard InChI is InChI=1S/C12H23NO.ClH/c1-4-7-8-11-14-12-13(9-5-2)10-6-3;/h5-6H,2-4,7-12H2,1H3;1H. The topological polar surface area (TPSA) is 12.5 Å². The number of ether oxygens (including phenoxy) is 1. The molecule has 0 amide bonds. The molecule has 0 N–H and O–H groups in total. The highest BCUT2D eigenvalue weighted by Gasteiger charge is 1.99. The highest BCUT2D eigenvalue weighted by atomic mass is 35.5. The monoisotopic (exact) mass is 233 g/mol. The Hall–Kier alpha value is -0.310. The van der Waals surface area contributed by atoms with E-state index in [1.54, 1.807) is 0 Å². The molecule has 2 nitrogen and oxygen atoms in total. The first-order valence-corrected chi connectivity index (χ1v) is 5.37. The molecule has 0 radical (unpaired) electrons. The summed E-state index contributed by atoms with van der Waals surface area (Å²) < 4.78 is 5.53. The van der Waals surface area contributed by atoms with E-state index in [9.17, 15) is 0 Å². The fourth-order valence-corrected chi connectivity index (χ4v) is 1.19. The Labute approximate surface area is 100 Å². The average molecular weight is 234 g/mol. The van der Waals surface area contributed by atoms with E-state index in [1.807, 2.05) is 12.2 Å². The van der Waals surface area contributed by atoms with E-state index in [-0.39, 0.29) is 12.4 Å². The van der Waals surface area contributed by atoms with Crippen LogP contribution in [0, 0.1) is 0 Å². The summed E-state index contributed by atoms with van der Waals surface area (Å²) in [5.74, 6) is 0. The van der Waals surface area contributed by atoms with Gasteiger partial charge in [-0.2, -0.15) is 0 Å². The van der Waals surface area contributed by atoms with Crippen molar-refractivity contribution < 1.29 is 4.74 Å². The van der Waals surface area contributed by atoms with E-state index in [2.05, 4.69) is 25.0 Å². The SMILES string of the molecule is C=CCN(CC=C)COCCCCC.Cl. The molecule has 0 saturated heterocycles. The molecule has 0 fully saturated rings. The minimum Gasteiger partial charge on any atom is -0.366 e. The molecular weight excluding hydrogens is 210 g/mol. The molecule has 90 valence electrons. The lowest BCUT2D eigenvalue weighted by Gasteiger charge is -2.18. The van der Waals surface area contributed by atoms with Crippen LogP contribution in [0.3, 0.4) is 0 Å². The highest BCUT2D eigenvalue weighted by molar-refractivity contribution is 5.85. The number of rotatable bonds is 10. The van der Waals surface area contributed by atoms with Gasteiger partial charge in [-0.25, -0.2) is 0 Å². The van der Waals surface area contributed by atoms with E-state index >= 15 is 0 Å². The van der Waals surface area contributed by atoms with Gasteiger partial charge in [0, 0.05) is 19.7 Å². The van der Waals surface area contributed by atoms with Crippen LogP contribution in [0.25, 0.3) is 0 Å². The van der Waals surface area contributed by atoms with Crippen molar-refractivity contribution in [3.05, 3.63) is 25.3 Å². The van der Waals surface area contributed by atoms with Gasteiger partial charge in [-0.1, -0.05) is 31.9 Å². The molecule has 0 rings (SSSR count). The Bertz CT molecular complexity index is 141. The van der Waals surface area contributed by atoms with Crippen molar-refractivity contribution in [2.45, 2.75) is 26.2 Å². The summed E-state index contributed by atoms with van der Waals surface area (Å²) in [7, 11) is 0. The third kappa shape index (κ3) is 11.6. The Morgan fingerprint density at radius 1 is 1.13 bits per heavy atom. The maximum Gasteiger partial charge on any atom is 0.0995 e. The molecule has 0 aliphatic carbocycles. The van der Waals surface area contributed by atoms with Gasteiger partial charge in [0.05, 0.1) is 6.73 Å². The molecule has 0 bridgehead atoms. The number of hydrogen-bond acceptors (Lipinski definition) is 2. The van der Waals surface area contributed by atoms with Crippen LogP contribution in [0.2, 0.25) is 0 Å². The lowest BCUT2D eigenvalue weighted by Crippen LogP contribution is -2.27. The van der Waals surface area contributed by atoms with Gasteiger partial charge in [0.15, 0.2) is 0 Å². The van der Waals surface area contributed by atoms with Gasteiger partial charge in [-0.3, -0.25) is 4.90 Å². The summed E-state index contributed by atoms with van der Waals surface area (Å²) in [6.07, 6.45) is 7.43. The van der Waals surface area contributed by atoms with E-state index in [0.717, 1.165) is 26.1 Å². The van der Waals surface area contributed by atoms with Gasteiger partial charge in [0.2, 0.25) is 0 Å². The summed E-state index contributed by atoms with van der Waals surface area (Å²) in [5.41, 5.74) is 0. The van der Waals surface area contributed by atoms with Crippen molar-refractivity contribution in [1.82, 2.24) is 4.90 Å². The van der Waals surface area contributed by atoms with Gasteiger partial charge in [0.25, 0.3) is 0 Å². The second-order valence-electron chi connectivity index (χ2n) is 3.36. The Kier molecular flexibility index (Phi) is 15.6. The fraction of sp³-hybridized carbons (Fsp3) is 0.667. The normalized spacial score (nSPS) is 9.73. The van der Waals surface area contributed by atoms with Crippen LogP contribution in [0.4, 0.5) is 0 Å². The van der Waals surface area contributed by atoms with Crippen LogP contribution >= 0.6 is 12.4 Å². The summed E-state index contributed by atoms with van der Waals surface area (Å²) in [4.78, 5) is 2.16. The Balaban J connectivity index is 0. The third-order valence-electron chi connectivity index (χ3n) is 1.94. The lowest BCUT2D eigenvalue weighted by molar-refractivity contribution is 0.0391. The van der Waals surface area contributed by atoms with Gasteiger partial charge in [-0.15, -0.1) is 25.6 Å². The smallest absolute Gasteiger partial charge is 0.0995 e. The summed E-state index contributed by atoms with van der Waals surface area (Å²) in [6, 6.07) is 0. The molecule has 0 aromatic heterocycles. The van der Waals surface area contributed by atoms with E-state index < -0.39 is 0 Å². The fourth-order valence-electron chi connectivity index (χ4n) is 1.19. The van der Waals surface area contributed by atoms with E-state index in [4.69, 9.17) is 4.74 Å². The molecule has 0 heterocycles. The number of nitrogens with zero attached hydrogens (tertiary/aromatic N) is 1. The summed E-state index contributed by atoms with van der Waals surface area (Å²) in [6.45, 7) is 12.9. The molecule has 3 heteroatoms. The zero-order valence-corrected chi connectivity index (χ0v) is 10.6. The largest absolute Gasteiger partial charge is 0.366 e. The molecule has 15 heavy (non-hydrogen) atoms.